The minimum Gasteiger partial charge on any atom is -0.468 e. The highest BCUT2D eigenvalue weighted by molar-refractivity contribution is 4.97. The van der Waals surface area contributed by atoms with Crippen LogP contribution in [0.5, 0.6) is 0 Å². The molecule has 0 spiro atoms. The molecule has 0 aliphatic rings. The molecule has 0 aromatic carbocycles. The topological polar surface area (TPSA) is 45.4 Å². The van der Waals surface area contributed by atoms with Crippen LogP contribution >= 0.6 is 0 Å². The van der Waals surface area contributed by atoms with Crippen LogP contribution in [-0.2, 0) is 6.54 Å². The van der Waals surface area contributed by atoms with E-state index in [9.17, 15) is 5.11 Å². The molecule has 0 radical (unpaired) electrons. The Hall–Kier alpha value is -0.800. The number of hydrogen-bond donors (Lipinski definition) is 2. The third kappa shape index (κ3) is 3.65. The first kappa shape index (κ1) is 13.3. The lowest BCUT2D eigenvalue weighted by Crippen LogP contribution is -2.41. The Balaban J connectivity index is 2.36. The highest BCUT2D eigenvalue weighted by Crippen LogP contribution is 2.25. The van der Waals surface area contributed by atoms with Crippen LogP contribution in [-0.4, -0.2) is 17.8 Å². The van der Waals surface area contributed by atoms with Crippen molar-refractivity contribution in [1.82, 2.24) is 5.32 Å². The van der Waals surface area contributed by atoms with E-state index in [-0.39, 0.29) is 17.4 Å². The Morgan fingerprint density at radius 1 is 1.44 bits per heavy atom. The SMILES string of the molecule is CC(C)C(O)C(C)(C)CNCc1ccco1. The molecule has 0 aliphatic carbocycles. The quantitative estimate of drug-likeness (QED) is 0.781. The van der Waals surface area contributed by atoms with E-state index in [1.54, 1.807) is 6.26 Å². The first-order chi connectivity index (χ1) is 7.43. The summed E-state index contributed by atoms with van der Waals surface area (Å²) < 4.78 is 5.23. The van der Waals surface area contributed by atoms with Crippen molar-refractivity contribution in [3.63, 3.8) is 0 Å². The van der Waals surface area contributed by atoms with E-state index >= 15 is 0 Å². The van der Waals surface area contributed by atoms with E-state index in [0.717, 1.165) is 12.3 Å². The van der Waals surface area contributed by atoms with Gasteiger partial charge in [0.25, 0.3) is 0 Å². The van der Waals surface area contributed by atoms with Gasteiger partial charge in [-0.1, -0.05) is 27.7 Å². The molecule has 1 rings (SSSR count). The zero-order valence-electron chi connectivity index (χ0n) is 10.7. The fourth-order valence-corrected chi connectivity index (χ4v) is 1.93. The molecule has 0 amide bonds. The first-order valence-corrected chi connectivity index (χ1v) is 5.84. The highest BCUT2D eigenvalue weighted by atomic mass is 16.3. The van der Waals surface area contributed by atoms with Crippen LogP contribution in [0.3, 0.4) is 0 Å². The van der Waals surface area contributed by atoms with Crippen molar-refractivity contribution in [3.8, 4) is 0 Å². The summed E-state index contributed by atoms with van der Waals surface area (Å²) in [6.07, 6.45) is 1.38. The second-order valence-corrected chi connectivity index (χ2v) is 5.36. The summed E-state index contributed by atoms with van der Waals surface area (Å²) in [7, 11) is 0. The summed E-state index contributed by atoms with van der Waals surface area (Å²) in [4.78, 5) is 0. The number of aliphatic hydroxyl groups excluding tert-OH is 1. The fourth-order valence-electron chi connectivity index (χ4n) is 1.93. The summed E-state index contributed by atoms with van der Waals surface area (Å²) in [5.41, 5.74) is -0.124. The molecule has 0 bridgehead atoms. The molecule has 3 heteroatoms. The molecule has 3 nitrogen and oxygen atoms in total. The number of rotatable bonds is 6. The average molecular weight is 225 g/mol. The normalized spacial score (nSPS) is 14.4. The van der Waals surface area contributed by atoms with E-state index in [1.165, 1.54) is 0 Å². The van der Waals surface area contributed by atoms with Crippen LogP contribution in [0.4, 0.5) is 0 Å². The third-order valence-electron chi connectivity index (χ3n) is 2.89. The van der Waals surface area contributed by atoms with Gasteiger partial charge in [0, 0.05) is 12.0 Å². The van der Waals surface area contributed by atoms with Gasteiger partial charge in [0.2, 0.25) is 0 Å². The van der Waals surface area contributed by atoms with Crippen molar-refractivity contribution in [3.05, 3.63) is 24.2 Å². The van der Waals surface area contributed by atoms with Gasteiger partial charge in [-0.15, -0.1) is 0 Å². The van der Waals surface area contributed by atoms with Gasteiger partial charge in [-0.3, -0.25) is 0 Å². The van der Waals surface area contributed by atoms with E-state index in [1.807, 2.05) is 26.0 Å². The number of furan rings is 1. The lowest BCUT2D eigenvalue weighted by atomic mass is 9.81. The van der Waals surface area contributed by atoms with E-state index in [2.05, 4.69) is 19.2 Å². The summed E-state index contributed by atoms with van der Waals surface area (Å²) >= 11 is 0. The molecule has 1 aromatic rings. The van der Waals surface area contributed by atoms with Gasteiger partial charge < -0.3 is 14.8 Å². The molecule has 2 N–H and O–H groups in total. The van der Waals surface area contributed by atoms with Gasteiger partial charge in [0.15, 0.2) is 0 Å². The Morgan fingerprint density at radius 3 is 2.62 bits per heavy atom. The highest BCUT2D eigenvalue weighted by Gasteiger charge is 2.29. The molecule has 1 heterocycles. The van der Waals surface area contributed by atoms with Crippen molar-refractivity contribution in [2.45, 2.75) is 40.3 Å². The maximum atomic E-state index is 10.0. The molecular weight excluding hydrogens is 202 g/mol. The molecule has 0 aliphatic heterocycles. The molecule has 0 fully saturated rings. The van der Waals surface area contributed by atoms with Crippen LogP contribution in [0.25, 0.3) is 0 Å². The van der Waals surface area contributed by atoms with Crippen molar-refractivity contribution >= 4 is 0 Å². The van der Waals surface area contributed by atoms with Crippen molar-refractivity contribution in [2.75, 3.05) is 6.54 Å². The van der Waals surface area contributed by atoms with Gasteiger partial charge in [0.05, 0.1) is 18.9 Å². The summed E-state index contributed by atoms with van der Waals surface area (Å²) in [6, 6.07) is 3.82. The second kappa shape index (κ2) is 5.51. The Bertz CT molecular complexity index is 291. The minimum absolute atomic E-state index is 0.124. The Kier molecular flexibility index (Phi) is 4.56. The molecule has 0 saturated heterocycles. The van der Waals surface area contributed by atoms with Crippen molar-refractivity contribution in [2.24, 2.45) is 11.3 Å². The molecule has 1 atom stereocenters. The maximum Gasteiger partial charge on any atom is 0.117 e. The largest absolute Gasteiger partial charge is 0.468 e. The van der Waals surface area contributed by atoms with E-state index in [0.29, 0.717) is 6.54 Å². The number of nitrogens with one attached hydrogen (secondary N) is 1. The Labute approximate surface area is 97.9 Å². The lowest BCUT2D eigenvalue weighted by molar-refractivity contribution is 0.0132. The van der Waals surface area contributed by atoms with Gasteiger partial charge in [-0.05, 0) is 18.1 Å². The Morgan fingerprint density at radius 2 is 2.12 bits per heavy atom. The smallest absolute Gasteiger partial charge is 0.117 e. The molecule has 1 aromatic heterocycles. The molecule has 1 unspecified atom stereocenters. The van der Waals surface area contributed by atoms with Gasteiger partial charge in [0.1, 0.15) is 5.76 Å². The van der Waals surface area contributed by atoms with Crippen LogP contribution in [0, 0.1) is 11.3 Å². The maximum absolute atomic E-state index is 10.0. The van der Waals surface area contributed by atoms with Crippen LogP contribution in [0.2, 0.25) is 0 Å². The zero-order valence-corrected chi connectivity index (χ0v) is 10.7. The molecular formula is C13H23NO2. The number of aliphatic hydroxyl groups is 1. The summed E-state index contributed by atoms with van der Waals surface area (Å²) in [5, 5.41) is 13.4. The van der Waals surface area contributed by atoms with Gasteiger partial charge in [-0.25, -0.2) is 0 Å². The third-order valence-corrected chi connectivity index (χ3v) is 2.89. The lowest BCUT2D eigenvalue weighted by Gasteiger charge is -2.33. The molecule has 16 heavy (non-hydrogen) atoms. The second-order valence-electron chi connectivity index (χ2n) is 5.36. The standard InChI is InChI=1S/C13H23NO2/c1-10(2)12(15)13(3,4)9-14-8-11-6-5-7-16-11/h5-7,10,12,14-15H,8-9H2,1-4H3. The fraction of sp³-hybridized carbons (Fsp3) is 0.692. The summed E-state index contributed by atoms with van der Waals surface area (Å²) in [6.45, 7) is 9.71. The molecule has 92 valence electrons. The summed E-state index contributed by atoms with van der Waals surface area (Å²) in [5.74, 6) is 1.20. The van der Waals surface area contributed by atoms with Crippen LogP contribution in [0.1, 0.15) is 33.5 Å². The predicted octanol–water partition coefficient (Wildman–Crippen LogP) is 2.41. The van der Waals surface area contributed by atoms with E-state index in [4.69, 9.17) is 4.42 Å². The van der Waals surface area contributed by atoms with Crippen LogP contribution < -0.4 is 5.32 Å². The minimum atomic E-state index is -0.295. The molecule has 0 saturated carbocycles. The van der Waals surface area contributed by atoms with Crippen molar-refractivity contribution in [1.29, 1.82) is 0 Å². The first-order valence-electron chi connectivity index (χ1n) is 5.84. The van der Waals surface area contributed by atoms with Crippen molar-refractivity contribution < 1.29 is 9.52 Å². The van der Waals surface area contributed by atoms with Gasteiger partial charge in [-0.2, -0.15) is 0 Å². The average Bonchev–Trinajstić information content (AvgIpc) is 2.69. The van der Waals surface area contributed by atoms with E-state index < -0.39 is 0 Å². The van der Waals surface area contributed by atoms with Gasteiger partial charge >= 0.3 is 0 Å². The number of hydrogen-bond acceptors (Lipinski definition) is 3. The predicted molar refractivity (Wildman–Crippen MR) is 65.0 cm³/mol. The monoisotopic (exact) mass is 225 g/mol. The van der Waals surface area contributed by atoms with Crippen LogP contribution in [0.15, 0.2) is 22.8 Å². The zero-order chi connectivity index (χ0) is 12.2.